The van der Waals surface area contributed by atoms with Crippen molar-refractivity contribution in [1.82, 2.24) is 9.55 Å². The van der Waals surface area contributed by atoms with E-state index in [-0.39, 0.29) is 5.03 Å². The molecule has 1 fully saturated rings. The van der Waals surface area contributed by atoms with E-state index in [1.54, 1.807) is 6.20 Å². The first-order chi connectivity index (χ1) is 9.32. The molecule has 20 heavy (non-hydrogen) atoms. The second kappa shape index (κ2) is 5.85. The zero-order valence-electron chi connectivity index (χ0n) is 12.5. The summed E-state index contributed by atoms with van der Waals surface area (Å²) in [6.07, 6.45) is 6.71. The Morgan fingerprint density at radius 2 is 2.05 bits per heavy atom. The predicted octanol–water partition coefficient (Wildman–Crippen LogP) is 2.48. The highest BCUT2D eigenvalue weighted by Gasteiger charge is 2.28. The van der Waals surface area contributed by atoms with Gasteiger partial charge in [0.05, 0.1) is 0 Å². The monoisotopic (exact) mass is 299 g/mol. The van der Waals surface area contributed by atoms with Crippen molar-refractivity contribution in [3.8, 4) is 0 Å². The number of hydrogen-bond acceptors (Lipinski definition) is 3. The highest BCUT2D eigenvalue weighted by molar-refractivity contribution is 7.89. The quantitative estimate of drug-likeness (QED) is 0.927. The van der Waals surface area contributed by atoms with E-state index in [1.165, 1.54) is 6.42 Å². The zero-order chi connectivity index (χ0) is 14.9. The molecule has 0 bridgehead atoms. The molecule has 6 heteroatoms. The van der Waals surface area contributed by atoms with Gasteiger partial charge in [0.1, 0.15) is 5.82 Å². The fourth-order valence-corrected chi connectivity index (χ4v) is 3.53. The lowest BCUT2D eigenvalue weighted by Crippen LogP contribution is -2.24. The third-order valence-electron chi connectivity index (χ3n) is 4.52. The number of nitrogens with zero attached hydrogens (tertiary/aromatic N) is 2. The van der Waals surface area contributed by atoms with Crippen LogP contribution in [0.15, 0.2) is 11.2 Å². The highest BCUT2D eigenvalue weighted by Crippen LogP contribution is 2.37. The normalized spacial score (nSPS) is 27.7. The average molecular weight is 299 g/mol. The molecule has 0 spiro atoms. The van der Waals surface area contributed by atoms with E-state index in [0.29, 0.717) is 12.0 Å². The minimum absolute atomic E-state index is 0.00669. The van der Waals surface area contributed by atoms with Crippen molar-refractivity contribution in [3.05, 3.63) is 12.0 Å². The summed E-state index contributed by atoms with van der Waals surface area (Å²) < 4.78 is 25.1. The number of primary sulfonamides is 1. The van der Waals surface area contributed by atoms with E-state index < -0.39 is 10.0 Å². The molecule has 3 unspecified atom stereocenters. The van der Waals surface area contributed by atoms with E-state index in [0.717, 1.165) is 37.4 Å². The van der Waals surface area contributed by atoms with Gasteiger partial charge in [0.15, 0.2) is 5.03 Å². The Bertz CT molecular complexity index is 565. The molecule has 0 saturated heterocycles. The lowest BCUT2D eigenvalue weighted by molar-refractivity contribution is 0.208. The predicted molar refractivity (Wildman–Crippen MR) is 78.8 cm³/mol. The van der Waals surface area contributed by atoms with Crippen LogP contribution in [0.1, 0.15) is 58.3 Å². The Labute approximate surface area is 121 Å². The summed E-state index contributed by atoms with van der Waals surface area (Å²) in [6, 6.07) is 0.353. The molecule has 2 N–H and O–H groups in total. The molecule has 1 aliphatic rings. The molecule has 1 aromatic rings. The summed E-state index contributed by atoms with van der Waals surface area (Å²) in [5.41, 5.74) is 0. The molecule has 1 aliphatic carbocycles. The summed E-state index contributed by atoms with van der Waals surface area (Å²) >= 11 is 0. The second-order valence-electron chi connectivity index (χ2n) is 6.12. The van der Waals surface area contributed by atoms with E-state index in [1.807, 2.05) is 0 Å². The molecule has 0 amide bonds. The van der Waals surface area contributed by atoms with E-state index >= 15 is 0 Å². The van der Waals surface area contributed by atoms with Crippen molar-refractivity contribution in [3.63, 3.8) is 0 Å². The minimum atomic E-state index is -3.72. The van der Waals surface area contributed by atoms with Crippen LogP contribution in [-0.4, -0.2) is 18.0 Å². The molecule has 1 saturated carbocycles. The Morgan fingerprint density at radius 1 is 1.35 bits per heavy atom. The topological polar surface area (TPSA) is 78.0 Å². The fraction of sp³-hybridized carbons (Fsp3) is 0.786. The molecule has 114 valence electrons. The molecule has 3 atom stereocenters. The van der Waals surface area contributed by atoms with E-state index in [4.69, 9.17) is 5.14 Å². The van der Waals surface area contributed by atoms with Gasteiger partial charge in [-0.05, 0) is 37.5 Å². The molecule has 0 aliphatic heterocycles. The maximum absolute atomic E-state index is 11.5. The SMILES string of the molecule is CCCc1nc(S(N)(=O)=O)cn1C1CCC(C)C(C)C1. The molecular weight excluding hydrogens is 274 g/mol. The molecule has 0 aromatic carbocycles. The highest BCUT2D eigenvalue weighted by atomic mass is 32.2. The second-order valence-corrected chi connectivity index (χ2v) is 7.63. The van der Waals surface area contributed by atoms with Crippen molar-refractivity contribution in [2.24, 2.45) is 17.0 Å². The minimum Gasteiger partial charge on any atom is -0.330 e. The molecule has 1 heterocycles. The van der Waals surface area contributed by atoms with Gasteiger partial charge in [0.25, 0.3) is 10.0 Å². The van der Waals surface area contributed by atoms with Gasteiger partial charge >= 0.3 is 0 Å². The Hall–Kier alpha value is -0.880. The van der Waals surface area contributed by atoms with Crippen LogP contribution in [-0.2, 0) is 16.4 Å². The van der Waals surface area contributed by atoms with Crippen LogP contribution < -0.4 is 5.14 Å². The molecule has 1 aromatic heterocycles. The number of aromatic nitrogens is 2. The maximum atomic E-state index is 11.5. The first-order valence-corrected chi connectivity index (χ1v) is 8.98. The Kier molecular flexibility index (Phi) is 4.54. The van der Waals surface area contributed by atoms with Gasteiger partial charge < -0.3 is 4.57 Å². The van der Waals surface area contributed by atoms with Gasteiger partial charge in [0.2, 0.25) is 0 Å². The summed E-state index contributed by atoms with van der Waals surface area (Å²) in [6.45, 7) is 6.63. The molecule has 0 radical (unpaired) electrons. The standard InChI is InChI=1S/C14H25N3O2S/c1-4-5-13-16-14(20(15,18)19)9-17(13)12-7-6-10(2)11(3)8-12/h9-12H,4-8H2,1-3H3,(H2,15,18,19). The number of sulfonamides is 1. The first kappa shape index (κ1) is 15.5. The number of nitrogens with two attached hydrogens (primary N) is 1. The van der Waals surface area contributed by atoms with Crippen LogP contribution in [0.25, 0.3) is 0 Å². The number of aryl methyl sites for hydroxylation is 1. The van der Waals surface area contributed by atoms with Gasteiger partial charge in [-0.25, -0.2) is 18.5 Å². The maximum Gasteiger partial charge on any atom is 0.257 e. The average Bonchev–Trinajstić information content (AvgIpc) is 2.77. The van der Waals surface area contributed by atoms with Crippen LogP contribution in [0, 0.1) is 11.8 Å². The molecule has 2 rings (SSSR count). The van der Waals surface area contributed by atoms with Crippen molar-refractivity contribution < 1.29 is 8.42 Å². The van der Waals surface area contributed by atoms with Crippen molar-refractivity contribution in [1.29, 1.82) is 0 Å². The van der Waals surface area contributed by atoms with Crippen LogP contribution in [0.5, 0.6) is 0 Å². The first-order valence-electron chi connectivity index (χ1n) is 7.43. The van der Waals surface area contributed by atoms with Crippen LogP contribution in [0.3, 0.4) is 0 Å². The van der Waals surface area contributed by atoms with Gasteiger partial charge in [-0.15, -0.1) is 0 Å². The molecular formula is C14H25N3O2S. The van der Waals surface area contributed by atoms with Crippen molar-refractivity contribution in [2.45, 2.75) is 63.9 Å². The van der Waals surface area contributed by atoms with E-state index in [9.17, 15) is 8.42 Å². The number of rotatable bonds is 4. The lowest BCUT2D eigenvalue weighted by atomic mass is 9.79. The van der Waals surface area contributed by atoms with Crippen LogP contribution >= 0.6 is 0 Å². The van der Waals surface area contributed by atoms with Gasteiger partial charge in [-0.2, -0.15) is 0 Å². The third-order valence-corrected chi connectivity index (χ3v) is 5.30. The van der Waals surface area contributed by atoms with Crippen molar-refractivity contribution >= 4 is 10.0 Å². The third kappa shape index (κ3) is 3.23. The van der Waals surface area contributed by atoms with Crippen LogP contribution in [0.4, 0.5) is 0 Å². The fourth-order valence-electron chi connectivity index (χ4n) is 3.04. The zero-order valence-corrected chi connectivity index (χ0v) is 13.4. The summed E-state index contributed by atoms with van der Waals surface area (Å²) in [5, 5.41) is 5.22. The summed E-state index contributed by atoms with van der Waals surface area (Å²) in [4.78, 5) is 4.24. The summed E-state index contributed by atoms with van der Waals surface area (Å²) in [7, 11) is -3.72. The number of imidazole rings is 1. The number of hydrogen-bond donors (Lipinski definition) is 1. The van der Waals surface area contributed by atoms with Crippen LogP contribution in [0.2, 0.25) is 0 Å². The smallest absolute Gasteiger partial charge is 0.257 e. The molecule has 5 nitrogen and oxygen atoms in total. The van der Waals surface area contributed by atoms with E-state index in [2.05, 4.69) is 30.3 Å². The summed E-state index contributed by atoms with van der Waals surface area (Å²) in [5.74, 6) is 2.24. The van der Waals surface area contributed by atoms with Crippen molar-refractivity contribution in [2.75, 3.05) is 0 Å². The lowest BCUT2D eigenvalue weighted by Gasteiger charge is -2.33. The Balaban J connectivity index is 2.32. The Morgan fingerprint density at radius 3 is 2.60 bits per heavy atom. The largest absolute Gasteiger partial charge is 0.330 e. The van der Waals surface area contributed by atoms with Gasteiger partial charge in [-0.3, -0.25) is 0 Å². The van der Waals surface area contributed by atoms with Gasteiger partial charge in [-0.1, -0.05) is 20.8 Å². The van der Waals surface area contributed by atoms with Gasteiger partial charge in [0, 0.05) is 18.7 Å².